The van der Waals surface area contributed by atoms with Crippen LogP contribution in [0.5, 0.6) is 0 Å². The molecule has 0 radical (unpaired) electrons. The van der Waals surface area contributed by atoms with Crippen molar-refractivity contribution in [2.45, 2.75) is 85.2 Å². The second-order valence-electron chi connectivity index (χ2n) is 13.5. The molecule has 53 heavy (non-hydrogen) atoms. The highest BCUT2D eigenvalue weighted by Crippen LogP contribution is 2.57. The zero-order valence-electron chi connectivity index (χ0n) is 29.8. The predicted octanol–water partition coefficient (Wildman–Crippen LogP) is 6.71. The second kappa shape index (κ2) is 13.0. The van der Waals surface area contributed by atoms with E-state index in [0.29, 0.717) is 49.0 Å². The van der Waals surface area contributed by atoms with Crippen molar-refractivity contribution in [3.05, 3.63) is 104 Å². The first-order valence-electron chi connectivity index (χ1n) is 16.9. The Balaban J connectivity index is 1.31. The summed E-state index contributed by atoms with van der Waals surface area (Å²) in [7, 11) is 0. The normalized spacial score (nSPS) is 14.9. The van der Waals surface area contributed by atoms with Gasteiger partial charge in [-0.25, -0.2) is 9.97 Å². The predicted molar refractivity (Wildman–Crippen MR) is 179 cm³/mol. The van der Waals surface area contributed by atoms with Gasteiger partial charge in [-0.2, -0.15) is 26.3 Å². The van der Waals surface area contributed by atoms with Crippen molar-refractivity contribution in [3.8, 4) is 0 Å². The maximum Gasteiger partial charge on any atom is 0.411 e. The van der Waals surface area contributed by atoms with Crippen molar-refractivity contribution in [2.24, 2.45) is 0 Å². The van der Waals surface area contributed by atoms with Crippen LogP contribution in [-0.2, 0) is 18.5 Å². The highest BCUT2D eigenvalue weighted by Gasteiger charge is 2.73. The summed E-state index contributed by atoms with van der Waals surface area (Å²) in [6.45, 7) is 11.4. The molecule has 0 saturated heterocycles. The number of halogens is 6. The summed E-state index contributed by atoms with van der Waals surface area (Å²) < 4.78 is 94.8. The summed E-state index contributed by atoms with van der Waals surface area (Å²) in [6.07, 6.45) is -11.6. The van der Waals surface area contributed by atoms with Gasteiger partial charge in [0.2, 0.25) is 5.41 Å². The van der Waals surface area contributed by atoms with Gasteiger partial charge in [0.1, 0.15) is 11.6 Å². The van der Waals surface area contributed by atoms with Crippen LogP contribution in [0.3, 0.4) is 0 Å². The minimum atomic E-state index is -6.05. The first-order valence-corrected chi connectivity index (χ1v) is 16.9. The molecular formula is C37H36F6N6O4. The summed E-state index contributed by atoms with van der Waals surface area (Å²) in [4.78, 5) is 63.6. The van der Waals surface area contributed by atoms with Crippen LogP contribution >= 0.6 is 0 Å². The number of hydrogen-bond acceptors (Lipinski definition) is 6. The number of alkyl halides is 6. The fraction of sp³-hybridized carbons (Fsp3) is 0.405. The fourth-order valence-corrected chi connectivity index (χ4v) is 7.51. The molecule has 0 fully saturated rings. The smallest absolute Gasteiger partial charge is 0.332 e. The summed E-state index contributed by atoms with van der Waals surface area (Å²) in [5.41, 5.74) is -5.99. The third kappa shape index (κ3) is 5.82. The van der Waals surface area contributed by atoms with Crippen LogP contribution in [0.15, 0.2) is 36.4 Å². The third-order valence-corrected chi connectivity index (χ3v) is 10.5. The van der Waals surface area contributed by atoms with Gasteiger partial charge in [0.15, 0.2) is 0 Å². The number of imide groups is 2. The molecule has 16 heteroatoms. The maximum atomic E-state index is 15.2. The molecule has 0 atom stereocenters. The largest absolute Gasteiger partial charge is 0.411 e. The molecule has 0 saturated carbocycles. The Labute approximate surface area is 300 Å². The monoisotopic (exact) mass is 742 g/mol. The molecule has 0 aliphatic carbocycles. The number of imidazole rings is 2. The Kier molecular flexibility index (Phi) is 9.18. The Morgan fingerprint density at radius 2 is 0.849 bits per heavy atom. The molecule has 0 unspecified atom stereocenters. The molecule has 6 rings (SSSR count). The number of aromatic nitrogens is 4. The molecule has 4 amide bonds. The Bertz CT molecular complexity index is 2040. The van der Waals surface area contributed by atoms with Gasteiger partial charge in [0.05, 0.1) is 33.6 Å². The lowest BCUT2D eigenvalue weighted by Gasteiger charge is -2.38. The van der Waals surface area contributed by atoms with E-state index in [4.69, 9.17) is 0 Å². The first kappa shape index (κ1) is 37.5. The van der Waals surface area contributed by atoms with Crippen molar-refractivity contribution in [1.29, 1.82) is 0 Å². The highest BCUT2D eigenvalue weighted by atomic mass is 19.4. The molecule has 4 aromatic rings. The average molecular weight is 743 g/mol. The van der Waals surface area contributed by atoms with E-state index in [9.17, 15) is 19.2 Å². The highest BCUT2D eigenvalue weighted by molar-refractivity contribution is 6.22. The minimum absolute atomic E-state index is 0.139. The first-order chi connectivity index (χ1) is 24.7. The molecule has 0 N–H and O–H groups in total. The van der Waals surface area contributed by atoms with Crippen molar-refractivity contribution < 1.29 is 45.5 Å². The topological polar surface area (TPSA) is 110 Å². The fourth-order valence-electron chi connectivity index (χ4n) is 7.51. The van der Waals surface area contributed by atoms with Crippen molar-refractivity contribution in [3.63, 3.8) is 0 Å². The van der Waals surface area contributed by atoms with Crippen LogP contribution in [0, 0.1) is 41.5 Å². The van der Waals surface area contributed by atoms with E-state index in [1.165, 1.54) is 0 Å². The lowest BCUT2D eigenvalue weighted by Crippen LogP contribution is -2.55. The number of amides is 4. The van der Waals surface area contributed by atoms with E-state index < -0.39 is 63.7 Å². The lowest BCUT2D eigenvalue weighted by molar-refractivity contribution is -0.288. The van der Waals surface area contributed by atoms with Gasteiger partial charge in [-0.1, -0.05) is 12.1 Å². The maximum absolute atomic E-state index is 15.2. The quantitative estimate of drug-likeness (QED) is 0.132. The van der Waals surface area contributed by atoms with Crippen molar-refractivity contribution in [2.75, 3.05) is 13.1 Å². The third-order valence-electron chi connectivity index (χ3n) is 10.5. The number of rotatable bonds is 10. The number of benzene rings is 2. The van der Waals surface area contributed by atoms with Crippen LogP contribution in [0.25, 0.3) is 0 Å². The van der Waals surface area contributed by atoms with E-state index in [-0.39, 0.29) is 37.1 Å². The zero-order valence-corrected chi connectivity index (χ0v) is 29.8. The average Bonchev–Trinajstić information content (AvgIpc) is 3.65. The summed E-state index contributed by atoms with van der Waals surface area (Å²) >= 11 is 0. The SMILES string of the molecule is Cc1nc(C)n(CCCN2C(=O)c3ccc(C(c4ccc5c(c4)C(=O)N(CCCn4c(C)nc(C)c4C)C5=O)(C(F)(F)F)C(F)(F)F)cc3C2=O)c1C. The van der Waals surface area contributed by atoms with Crippen LogP contribution < -0.4 is 0 Å². The summed E-state index contributed by atoms with van der Waals surface area (Å²) in [6, 6.07) is 3.56. The summed E-state index contributed by atoms with van der Waals surface area (Å²) in [5, 5.41) is 0. The molecule has 2 aromatic heterocycles. The van der Waals surface area contributed by atoms with Crippen LogP contribution in [0.4, 0.5) is 26.3 Å². The molecule has 10 nitrogen and oxygen atoms in total. The number of carbonyl (C=O) groups excluding carboxylic acids is 4. The van der Waals surface area contributed by atoms with Crippen molar-refractivity contribution in [1.82, 2.24) is 28.9 Å². The molecule has 2 aromatic carbocycles. The number of carbonyl (C=O) groups is 4. The van der Waals surface area contributed by atoms with Gasteiger partial charge >= 0.3 is 12.4 Å². The van der Waals surface area contributed by atoms with Gasteiger partial charge in [-0.05, 0) is 89.8 Å². The van der Waals surface area contributed by atoms with E-state index >= 15 is 26.3 Å². The van der Waals surface area contributed by atoms with E-state index in [1.807, 2.05) is 36.8 Å². The zero-order chi connectivity index (χ0) is 38.9. The van der Waals surface area contributed by atoms with Gasteiger partial charge in [-0.3, -0.25) is 29.0 Å². The molecule has 2 aliphatic rings. The van der Waals surface area contributed by atoms with E-state index in [2.05, 4.69) is 9.97 Å². The molecule has 2 aliphatic heterocycles. The Morgan fingerprint density at radius 3 is 1.15 bits per heavy atom. The number of nitrogens with zero attached hydrogens (tertiary/aromatic N) is 6. The number of fused-ring (bicyclic) bond motifs is 2. The summed E-state index contributed by atoms with van der Waals surface area (Å²) in [5.74, 6) is -2.32. The van der Waals surface area contributed by atoms with E-state index in [1.54, 1.807) is 13.8 Å². The minimum Gasteiger partial charge on any atom is -0.332 e. The van der Waals surface area contributed by atoms with Crippen molar-refractivity contribution >= 4 is 23.6 Å². The van der Waals surface area contributed by atoms with Crippen LogP contribution in [0.2, 0.25) is 0 Å². The molecule has 280 valence electrons. The number of aryl methyl sites for hydroxylation is 4. The van der Waals surface area contributed by atoms with Crippen LogP contribution in [-0.4, -0.2) is 78.0 Å². The van der Waals surface area contributed by atoms with Crippen LogP contribution in [0.1, 0.15) is 99.8 Å². The molecule has 0 bridgehead atoms. The number of hydrogen-bond donors (Lipinski definition) is 0. The van der Waals surface area contributed by atoms with Gasteiger partial charge in [0, 0.05) is 37.6 Å². The van der Waals surface area contributed by atoms with Gasteiger partial charge < -0.3 is 9.13 Å². The Morgan fingerprint density at radius 1 is 0.509 bits per heavy atom. The second-order valence-corrected chi connectivity index (χ2v) is 13.5. The standard InChI is InChI=1S/C37H36F6N6O4/c1-19-21(3)46(23(5)44-19)13-7-15-48-31(50)27-11-9-25(17-29(27)33(48)52)35(36(38,39)40,37(41,42)43)26-10-12-28-30(18-26)34(53)49(32(28)51)16-8-14-47-22(4)20(2)45-24(47)6/h9-12,17-18H,7-8,13-16H2,1-6H3. The molecule has 4 heterocycles. The van der Waals surface area contributed by atoms with Gasteiger partial charge in [0.25, 0.3) is 23.6 Å². The molecular weight excluding hydrogens is 706 g/mol. The lowest BCUT2D eigenvalue weighted by atomic mass is 9.71. The molecule has 0 spiro atoms. The van der Waals surface area contributed by atoms with E-state index in [0.717, 1.165) is 44.7 Å². The van der Waals surface area contributed by atoms with Gasteiger partial charge in [-0.15, -0.1) is 0 Å². The Hall–Kier alpha value is -5.28.